The highest BCUT2D eigenvalue weighted by atomic mass is 15.3. The van der Waals surface area contributed by atoms with Crippen LogP contribution < -0.4 is 5.32 Å². The van der Waals surface area contributed by atoms with E-state index in [-0.39, 0.29) is 0 Å². The van der Waals surface area contributed by atoms with Gasteiger partial charge >= 0.3 is 0 Å². The molecular weight excluding hydrogens is 236 g/mol. The number of likely N-dealkylation sites (tertiary alicyclic amines) is 2. The average Bonchev–Trinajstić information content (AvgIpc) is 2.88. The van der Waals surface area contributed by atoms with Crippen molar-refractivity contribution in [2.75, 3.05) is 33.2 Å². The van der Waals surface area contributed by atoms with Crippen molar-refractivity contribution in [2.24, 2.45) is 4.99 Å². The van der Waals surface area contributed by atoms with Crippen LogP contribution in [0.1, 0.15) is 44.9 Å². The van der Waals surface area contributed by atoms with E-state index >= 15 is 0 Å². The summed E-state index contributed by atoms with van der Waals surface area (Å²) in [6, 6.07) is 1.45. The van der Waals surface area contributed by atoms with E-state index in [9.17, 15) is 0 Å². The Labute approximate surface area is 117 Å². The number of rotatable bonds is 2. The number of aliphatic imine (C=N–C) groups is 1. The summed E-state index contributed by atoms with van der Waals surface area (Å²) < 4.78 is 0. The highest BCUT2D eigenvalue weighted by Crippen LogP contribution is 2.22. The molecule has 0 bridgehead atoms. The average molecular weight is 264 g/mol. The summed E-state index contributed by atoms with van der Waals surface area (Å²) in [5.74, 6) is 1.14. The Morgan fingerprint density at radius 3 is 2.42 bits per heavy atom. The van der Waals surface area contributed by atoms with Gasteiger partial charge in [-0.3, -0.25) is 9.89 Å². The van der Waals surface area contributed by atoms with Gasteiger partial charge in [0.15, 0.2) is 5.96 Å². The molecule has 3 aliphatic rings. The number of guanidine groups is 1. The molecule has 0 amide bonds. The van der Waals surface area contributed by atoms with E-state index in [2.05, 4.69) is 20.1 Å². The van der Waals surface area contributed by atoms with E-state index in [1.165, 1.54) is 71.1 Å². The molecule has 1 saturated carbocycles. The van der Waals surface area contributed by atoms with Gasteiger partial charge in [-0.05, 0) is 51.6 Å². The Kier molecular flexibility index (Phi) is 4.26. The molecular formula is C15H28N4. The fourth-order valence-corrected chi connectivity index (χ4v) is 3.55. The molecule has 0 aromatic heterocycles. The van der Waals surface area contributed by atoms with Crippen LogP contribution in [0.3, 0.4) is 0 Å². The maximum absolute atomic E-state index is 4.48. The number of piperidine rings is 1. The predicted octanol–water partition coefficient (Wildman–Crippen LogP) is 1.67. The number of hydrogen-bond donors (Lipinski definition) is 1. The van der Waals surface area contributed by atoms with Gasteiger partial charge in [-0.1, -0.05) is 6.42 Å². The van der Waals surface area contributed by atoms with Gasteiger partial charge in [0.25, 0.3) is 0 Å². The summed E-state index contributed by atoms with van der Waals surface area (Å²) in [6.07, 6.45) is 9.55. The minimum Gasteiger partial charge on any atom is -0.354 e. The van der Waals surface area contributed by atoms with Crippen molar-refractivity contribution in [2.45, 2.75) is 57.0 Å². The molecule has 4 heteroatoms. The van der Waals surface area contributed by atoms with Crippen molar-refractivity contribution in [3.8, 4) is 0 Å². The van der Waals surface area contributed by atoms with Crippen LogP contribution >= 0.6 is 0 Å². The standard InChI is InChI=1S/C15H28N4/c1-16-15(17-13-6-5-7-13)19-11-8-14(12-19)18-9-3-2-4-10-18/h13-14H,2-12H2,1H3,(H,16,17). The van der Waals surface area contributed by atoms with Crippen LogP contribution in [0.25, 0.3) is 0 Å². The third-order valence-corrected chi connectivity index (χ3v) is 5.02. The van der Waals surface area contributed by atoms with Crippen LogP contribution in [0.4, 0.5) is 0 Å². The highest BCUT2D eigenvalue weighted by molar-refractivity contribution is 5.80. The lowest BCUT2D eigenvalue weighted by Gasteiger charge is -2.34. The molecule has 2 heterocycles. The van der Waals surface area contributed by atoms with Crippen molar-refractivity contribution in [3.05, 3.63) is 0 Å². The summed E-state index contributed by atoms with van der Waals surface area (Å²) in [5, 5.41) is 3.63. The molecule has 19 heavy (non-hydrogen) atoms. The van der Waals surface area contributed by atoms with E-state index in [0.717, 1.165) is 12.0 Å². The van der Waals surface area contributed by atoms with Crippen molar-refractivity contribution >= 4 is 5.96 Å². The molecule has 108 valence electrons. The van der Waals surface area contributed by atoms with Crippen LogP contribution in [-0.4, -0.2) is 61.1 Å². The molecule has 1 N–H and O–H groups in total. The first-order valence-corrected chi connectivity index (χ1v) is 8.09. The predicted molar refractivity (Wildman–Crippen MR) is 79.5 cm³/mol. The largest absolute Gasteiger partial charge is 0.354 e. The molecule has 1 atom stereocenters. The second kappa shape index (κ2) is 6.12. The maximum atomic E-state index is 4.48. The molecule has 0 aromatic rings. The zero-order chi connectivity index (χ0) is 13.1. The lowest BCUT2D eigenvalue weighted by atomic mass is 9.93. The fourth-order valence-electron chi connectivity index (χ4n) is 3.55. The molecule has 0 aromatic carbocycles. The summed E-state index contributed by atoms with van der Waals surface area (Å²) in [5.41, 5.74) is 0. The Morgan fingerprint density at radius 1 is 1.00 bits per heavy atom. The first kappa shape index (κ1) is 13.2. The molecule has 2 saturated heterocycles. The van der Waals surface area contributed by atoms with Crippen molar-refractivity contribution in [1.82, 2.24) is 15.1 Å². The third-order valence-electron chi connectivity index (χ3n) is 5.02. The van der Waals surface area contributed by atoms with Crippen LogP contribution in [0.5, 0.6) is 0 Å². The zero-order valence-corrected chi connectivity index (χ0v) is 12.3. The summed E-state index contributed by atoms with van der Waals surface area (Å²) >= 11 is 0. The van der Waals surface area contributed by atoms with E-state index in [1.807, 2.05) is 7.05 Å². The molecule has 4 nitrogen and oxygen atoms in total. The maximum Gasteiger partial charge on any atom is 0.193 e. The first-order valence-electron chi connectivity index (χ1n) is 8.09. The molecule has 0 spiro atoms. The normalized spacial score (nSPS) is 30.5. The van der Waals surface area contributed by atoms with Crippen molar-refractivity contribution < 1.29 is 0 Å². The molecule has 2 aliphatic heterocycles. The summed E-state index contributed by atoms with van der Waals surface area (Å²) in [4.78, 5) is 9.66. The van der Waals surface area contributed by atoms with Crippen molar-refractivity contribution in [1.29, 1.82) is 0 Å². The molecule has 3 rings (SSSR count). The van der Waals surface area contributed by atoms with Gasteiger partial charge in [0.2, 0.25) is 0 Å². The number of hydrogen-bond acceptors (Lipinski definition) is 2. The van der Waals surface area contributed by atoms with Crippen LogP contribution in [0, 0.1) is 0 Å². The zero-order valence-electron chi connectivity index (χ0n) is 12.3. The van der Waals surface area contributed by atoms with E-state index < -0.39 is 0 Å². The molecule has 0 radical (unpaired) electrons. The Bertz CT molecular complexity index is 318. The van der Waals surface area contributed by atoms with Gasteiger partial charge < -0.3 is 10.2 Å². The van der Waals surface area contributed by atoms with E-state index in [0.29, 0.717) is 6.04 Å². The Hall–Kier alpha value is -0.770. The minimum absolute atomic E-state index is 0.688. The van der Waals surface area contributed by atoms with E-state index in [1.54, 1.807) is 0 Å². The molecule has 1 unspecified atom stereocenters. The van der Waals surface area contributed by atoms with Crippen LogP contribution in [-0.2, 0) is 0 Å². The SMILES string of the molecule is CN=C(NC1CCC1)N1CCC(N2CCCCC2)C1. The van der Waals surface area contributed by atoms with Gasteiger partial charge in [-0.15, -0.1) is 0 Å². The summed E-state index contributed by atoms with van der Waals surface area (Å²) in [7, 11) is 1.93. The second-order valence-electron chi connectivity index (χ2n) is 6.30. The quantitative estimate of drug-likeness (QED) is 0.608. The monoisotopic (exact) mass is 264 g/mol. The summed E-state index contributed by atoms with van der Waals surface area (Å²) in [6.45, 7) is 4.97. The second-order valence-corrected chi connectivity index (χ2v) is 6.30. The number of nitrogens with one attached hydrogen (secondary N) is 1. The van der Waals surface area contributed by atoms with Gasteiger partial charge in [-0.2, -0.15) is 0 Å². The van der Waals surface area contributed by atoms with E-state index in [4.69, 9.17) is 0 Å². The van der Waals surface area contributed by atoms with Crippen LogP contribution in [0.2, 0.25) is 0 Å². The van der Waals surface area contributed by atoms with Crippen LogP contribution in [0.15, 0.2) is 4.99 Å². The topological polar surface area (TPSA) is 30.9 Å². The fraction of sp³-hybridized carbons (Fsp3) is 0.933. The van der Waals surface area contributed by atoms with Gasteiger partial charge in [0.1, 0.15) is 0 Å². The number of nitrogens with zero attached hydrogens (tertiary/aromatic N) is 3. The highest BCUT2D eigenvalue weighted by Gasteiger charge is 2.31. The van der Waals surface area contributed by atoms with Gasteiger partial charge in [0, 0.05) is 32.2 Å². The third kappa shape index (κ3) is 3.04. The van der Waals surface area contributed by atoms with Gasteiger partial charge in [-0.25, -0.2) is 0 Å². The van der Waals surface area contributed by atoms with Gasteiger partial charge in [0.05, 0.1) is 0 Å². The lowest BCUT2D eigenvalue weighted by Crippen LogP contribution is -2.49. The molecule has 3 fully saturated rings. The first-order chi connectivity index (χ1) is 9.36. The molecule has 1 aliphatic carbocycles. The lowest BCUT2D eigenvalue weighted by molar-refractivity contribution is 0.168. The Balaban J connectivity index is 1.51. The Morgan fingerprint density at radius 2 is 1.79 bits per heavy atom. The smallest absolute Gasteiger partial charge is 0.193 e. The minimum atomic E-state index is 0.688. The van der Waals surface area contributed by atoms with Crippen molar-refractivity contribution in [3.63, 3.8) is 0 Å².